The van der Waals surface area contributed by atoms with Crippen LogP contribution in [0.4, 0.5) is 0 Å². The van der Waals surface area contributed by atoms with Gasteiger partial charge in [0.05, 0.1) is 23.7 Å². The van der Waals surface area contributed by atoms with Gasteiger partial charge in [0.15, 0.2) is 0 Å². The lowest BCUT2D eigenvalue weighted by Gasteiger charge is -2.17. The Balaban J connectivity index is 1.74. The third-order valence-corrected chi connectivity index (χ3v) is 5.45. The molecule has 3 rings (SSSR count). The summed E-state index contributed by atoms with van der Waals surface area (Å²) in [6, 6.07) is 17.0. The van der Waals surface area contributed by atoms with Crippen molar-refractivity contribution in [2.45, 2.75) is 19.0 Å². The number of esters is 1. The molecule has 32 heavy (non-hydrogen) atoms. The molecule has 0 heterocycles. The lowest BCUT2D eigenvalue weighted by atomic mass is 9.99. The monoisotopic (exact) mass is 453 g/mol. The van der Waals surface area contributed by atoms with Gasteiger partial charge in [-0.05, 0) is 41.5 Å². The van der Waals surface area contributed by atoms with Crippen molar-refractivity contribution in [2.75, 3.05) is 13.7 Å². The van der Waals surface area contributed by atoms with E-state index in [4.69, 9.17) is 17.3 Å². The Kier molecular flexibility index (Phi) is 7.45. The number of benzene rings is 3. The van der Waals surface area contributed by atoms with Crippen LogP contribution in [-0.2, 0) is 9.53 Å². The fourth-order valence-corrected chi connectivity index (χ4v) is 3.68. The third-order valence-electron chi connectivity index (χ3n) is 5.14. The molecule has 0 saturated heterocycles. The number of ether oxygens (including phenoxy) is 1. The van der Waals surface area contributed by atoms with E-state index in [0.29, 0.717) is 5.56 Å². The van der Waals surface area contributed by atoms with Crippen molar-refractivity contribution in [1.82, 2.24) is 10.6 Å². The highest BCUT2D eigenvalue weighted by Gasteiger charge is 2.22. The fraction of sp³-hybridized carbons (Fsp3) is 0.208. The fourth-order valence-electron chi connectivity index (χ4n) is 3.42. The maximum Gasteiger partial charge on any atom is 0.329 e. The molecule has 0 aromatic heterocycles. The SMILES string of the molecule is COC(=O)C(CN)NC(=O)c1ccc(C(=O)NC(C)c2cccc3ccccc23)cc1Cl. The molecule has 0 saturated carbocycles. The molecule has 3 aromatic rings. The second kappa shape index (κ2) is 10.3. The van der Waals surface area contributed by atoms with E-state index >= 15 is 0 Å². The first kappa shape index (κ1) is 23.2. The number of hydrogen-bond donors (Lipinski definition) is 3. The Morgan fingerprint density at radius 1 is 1.00 bits per heavy atom. The van der Waals surface area contributed by atoms with Crippen LogP contribution in [0.25, 0.3) is 10.8 Å². The van der Waals surface area contributed by atoms with E-state index in [1.807, 2.05) is 49.4 Å². The van der Waals surface area contributed by atoms with Crippen LogP contribution in [0.2, 0.25) is 5.02 Å². The summed E-state index contributed by atoms with van der Waals surface area (Å²) in [4.78, 5) is 36.9. The van der Waals surface area contributed by atoms with E-state index in [-0.39, 0.29) is 29.1 Å². The van der Waals surface area contributed by atoms with Crippen LogP contribution in [0, 0.1) is 0 Å². The minimum Gasteiger partial charge on any atom is -0.467 e. The quantitative estimate of drug-likeness (QED) is 0.476. The van der Waals surface area contributed by atoms with E-state index in [9.17, 15) is 14.4 Å². The number of methoxy groups -OCH3 is 1. The zero-order chi connectivity index (χ0) is 23.3. The second-order valence-corrected chi connectivity index (χ2v) is 7.65. The molecule has 0 spiro atoms. The summed E-state index contributed by atoms with van der Waals surface area (Å²) in [6.07, 6.45) is 0. The van der Waals surface area contributed by atoms with E-state index in [1.165, 1.54) is 25.3 Å². The van der Waals surface area contributed by atoms with Crippen LogP contribution in [0.1, 0.15) is 39.2 Å². The van der Waals surface area contributed by atoms with Gasteiger partial charge in [-0.25, -0.2) is 4.79 Å². The molecule has 0 aliphatic heterocycles. The van der Waals surface area contributed by atoms with Crippen molar-refractivity contribution in [1.29, 1.82) is 0 Å². The summed E-state index contributed by atoms with van der Waals surface area (Å²) in [7, 11) is 1.21. The Morgan fingerprint density at radius 3 is 2.41 bits per heavy atom. The summed E-state index contributed by atoms with van der Waals surface area (Å²) < 4.78 is 4.60. The lowest BCUT2D eigenvalue weighted by molar-refractivity contribution is -0.142. The van der Waals surface area contributed by atoms with Crippen LogP contribution < -0.4 is 16.4 Å². The first-order valence-corrected chi connectivity index (χ1v) is 10.4. The Hall–Kier alpha value is -3.42. The number of carbonyl (C=O) groups is 3. The molecule has 0 aliphatic rings. The summed E-state index contributed by atoms with van der Waals surface area (Å²) in [6.45, 7) is 1.78. The van der Waals surface area contributed by atoms with Crippen molar-refractivity contribution in [3.05, 3.63) is 82.4 Å². The highest BCUT2D eigenvalue weighted by Crippen LogP contribution is 2.25. The van der Waals surface area contributed by atoms with Crippen molar-refractivity contribution < 1.29 is 19.1 Å². The van der Waals surface area contributed by atoms with E-state index in [0.717, 1.165) is 16.3 Å². The predicted octanol–water partition coefficient (Wildman–Crippen LogP) is 3.21. The molecular weight excluding hydrogens is 430 g/mol. The van der Waals surface area contributed by atoms with Gasteiger partial charge >= 0.3 is 5.97 Å². The van der Waals surface area contributed by atoms with Crippen LogP contribution >= 0.6 is 11.6 Å². The Bertz CT molecular complexity index is 1160. The molecule has 0 aliphatic carbocycles. The van der Waals surface area contributed by atoms with Crippen LogP contribution in [0.5, 0.6) is 0 Å². The van der Waals surface area contributed by atoms with E-state index < -0.39 is 17.9 Å². The van der Waals surface area contributed by atoms with Gasteiger partial charge < -0.3 is 21.1 Å². The first-order chi connectivity index (χ1) is 15.3. The summed E-state index contributed by atoms with van der Waals surface area (Å²) in [5, 5.41) is 7.67. The molecule has 4 N–H and O–H groups in total. The zero-order valence-corrected chi connectivity index (χ0v) is 18.5. The molecule has 2 atom stereocenters. The minimum atomic E-state index is -0.993. The van der Waals surface area contributed by atoms with E-state index in [1.54, 1.807) is 0 Å². The highest BCUT2D eigenvalue weighted by atomic mass is 35.5. The average Bonchev–Trinajstić information content (AvgIpc) is 2.81. The summed E-state index contributed by atoms with van der Waals surface area (Å²) in [5.41, 5.74) is 6.93. The second-order valence-electron chi connectivity index (χ2n) is 7.24. The number of nitrogens with one attached hydrogen (secondary N) is 2. The van der Waals surface area contributed by atoms with Gasteiger partial charge in [0.25, 0.3) is 11.8 Å². The third kappa shape index (κ3) is 5.07. The smallest absolute Gasteiger partial charge is 0.329 e. The van der Waals surface area contributed by atoms with Crippen LogP contribution in [0.15, 0.2) is 60.7 Å². The molecule has 2 unspecified atom stereocenters. The molecule has 166 valence electrons. The topological polar surface area (TPSA) is 111 Å². The number of carbonyl (C=O) groups excluding carboxylic acids is 3. The van der Waals surface area contributed by atoms with Crippen molar-refractivity contribution in [3.8, 4) is 0 Å². The van der Waals surface area contributed by atoms with Gasteiger partial charge in [0.1, 0.15) is 6.04 Å². The summed E-state index contributed by atoms with van der Waals surface area (Å²) in [5.74, 6) is -1.57. The average molecular weight is 454 g/mol. The summed E-state index contributed by atoms with van der Waals surface area (Å²) >= 11 is 6.25. The van der Waals surface area contributed by atoms with Crippen LogP contribution in [-0.4, -0.2) is 37.5 Å². The maximum absolute atomic E-state index is 12.8. The standard InChI is InChI=1S/C24H24ClN3O4/c1-14(17-9-5-7-15-6-3-4-8-18(15)17)27-22(29)16-10-11-19(20(25)12-16)23(30)28-21(13-26)24(31)32-2/h3-12,14,21H,13,26H2,1-2H3,(H,27,29)(H,28,30). The van der Waals surface area contributed by atoms with Gasteiger partial charge in [-0.15, -0.1) is 0 Å². The van der Waals surface area contributed by atoms with Crippen molar-refractivity contribution in [3.63, 3.8) is 0 Å². The Morgan fingerprint density at radius 2 is 1.72 bits per heavy atom. The number of hydrogen-bond acceptors (Lipinski definition) is 5. The molecule has 7 nitrogen and oxygen atoms in total. The molecule has 3 aromatic carbocycles. The predicted molar refractivity (Wildman–Crippen MR) is 124 cm³/mol. The molecular formula is C24H24ClN3O4. The van der Waals surface area contributed by atoms with Crippen molar-refractivity contribution in [2.24, 2.45) is 5.73 Å². The van der Waals surface area contributed by atoms with Gasteiger partial charge in [-0.2, -0.15) is 0 Å². The Labute approximate surface area is 190 Å². The lowest BCUT2D eigenvalue weighted by Crippen LogP contribution is -2.46. The largest absolute Gasteiger partial charge is 0.467 e. The number of fused-ring (bicyclic) bond motifs is 1. The van der Waals surface area contributed by atoms with Gasteiger partial charge in [-0.3, -0.25) is 9.59 Å². The zero-order valence-electron chi connectivity index (χ0n) is 17.7. The maximum atomic E-state index is 12.8. The number of amides is 2. The molecule has 0 bridgehead atoms. The molecule has 0 fully saturated rings. The number of rotatable bonds is 7. The first-order valence-electron chi connectivity index (χ1n) is 10.0. The number of nitrogens with two attached hydrogens (primary N) is 1. The normalized spacial score (nSPS) is 12.6. The molecule has 0 radical (unpaired) electrons. The van der Waals surface area contributed by atoms with Crippen LogP contribution in [0.3, 0.4) is 0 Å². The van der Waals surface area contributed by atoms with Crippen molar-refractivity contribution >= 4 is 40.2 Å². The highest BCUT2D eigenvalue weighted by molar-refractivity contribution is 6.34. The molecule has 8 heteroatoms. The van der Waals surface area contributed by atoms with Gasteiger partial charge in [0, 0.05) is 12.1 Å². The van der Waals surface area contributed by atoms with Gasteiger partial charge in [0.2, 0.25) is 0 Å². The molecule has 2 amide bonds. The van der Waals surface area contributed by atoms with Gasteiger partial charge in [-0.1, -0.05) is 54.1 Å². The minimum absolute atomic E-state index is 0.0774. The van der Waals surface area contributed by atoms with E-state index in [2.05, 4.69) is 15.4 Å². The number of halogens is 1.